The van der Waals surface area contributed by atoms with Gasteiger partial charge in [-0.25, -0.2) is 4.79 Å². The Balaban J connectivity index is 2.06. The first kappa shape index (κ1) is 15.0. The number of anilines is 3. The van der Waals surface area contributed by atoms with Crippen molar-refractivity contribution in [3.63, 3.8) is 0 Å². The van der Waals surface area contributed by atoms with Crippen molar-refractivity contribution in [2.75, 3.05) is 23.5 Å². The summed E-state index contributed by atoms with van der Waals surface area (Å²) < 4.78 is 5.06. The molecule has 0 heterocycles. The average Bonchev–Trinajstić information content (AvgIpc) is 2.45. The molecule has 0 aromatic heterocycles. The number of hydrogen-bond donors (Lipinski definition) is 3. The molecule has 0 bridgehead atoms. The van der Waals surface area contributed by atoms with Crippen molar-refractivity contribution in [2.24, 2.45) is 0 Å². The molecule has 0 saturated heterocycles. The van der Waals surface area contributed by atoms with Gasteiger partial charge in [0.15, 0.2) is 0 Å². The van der Waals surface area contributed by atoms with Crippen molar-refractivity contribution in [3.05, 3.63) is 47.0 Å². The van der Waals surface area contributed by atoms with Crippen molar-refractivity contribution in [3.8, 4) is 5.75 Å². The number of amides is 2. The van der Waals surface area contributed by atoms with Gasteiger partial charge in [0.05, 0.1) is 17.8 Å². The minimum atomic E-state index is -0.357. The standard InChI is InChI=1S/C15H16ClN3O2/c1-9-7-13(17)12(16)8-14(9)19-15(20)18-10-3-5-11(21-2)6-4-10/h3-8H,17H2,1-2H3,(H2,18,19,20). The van der Waals surface area contributed by atoms with Gasteiger partial charge in [-0.1, -0.05) is 11.6 Å². The summed E-state index contributed by atoms with van der Waals surface area (Å²) in [5.74, 6) is 0.724. The number of halogens is 1. The summed E-state index contributed by atoms with van der Waals surface area (Å²) in [7, 11) is 1.59. The number of carbonyl (C=O) groups is 1. The van der Waals surface area contributed by atoms with E-state index < -0.39 is 0 Å². The normalized spacial score (nSPS) is 10.0. The van der Waals surface area contributed by atoms with E-state index >= 15 is 0 Å². The largest absolute Gasteiger partial charge is 0.497 e. The predicted octanol–water partition coefficient (Wildman–Crippen LogP) is 3.88. The smallest absolute Gasteiger partial charge is 0.323 e. The molecule has 21 heavy (non-hydrogen) atoms. The molecular formula is C15H16ClN3O2. The number of nitrogen functional groups attached to an aromatic ring is 1. The molecule has 0 fully saturated rings. The molecule has 0 unspecified atom stereocenters. The molecule has 0 spiro atoms. The Bertz CT molecular complexity index is 657. The minimum absolute atomic E-state index is 0.357. The van der Waals surface area contributed by atoms with E-state index in [9.17, 15) is 4.79 Å². The Labute approximate surface area is 128 Å². The van der Waals surface area contributed by atoms with Gasteiger partial charge in [0.2, 0.25) is 0 Å². The third kappa shape index (κ3) is 3.79. The molecule has 4 N–H and O–H groups in total. The molecular weight excluding hydrogens is 290 g/mol. The van der Waals surface area contributed by atoms with Gasteiger partial charge in [-0.15, -0.1) is 0 Å². The summed E-state index contributed by atoms with van der Waals surface area (Å²) in [6, 6.07) is 10.0. The summed E-state index contributed by atoms with van der Waals surface area (Å²) in [5, 5.41) is 5.86. The lowest BCUT2D eigenvalue weighted by Crippen LogP contribution is -2.20. The maximum absolute atomic E-state index is 12.0. The molecule has 5 nitrogen and oxygen atoms in total. The lowest BCUT2D eigenvalue weighted by atomic mass is 10.2. The number of urea groups is 1. The van der Waals surface area contributed by atoms with Crippen molar-refractivity contribution >= 4 is 34.7 Å². The first-order chi connectivity index (χ1) is 9.99. The number of hydrogen-bond acceptors (Lipinski definition) is 3. The molecule has 0 aliphatic rings. The summed E-state index contributed by atoms with van der Waals surface area (Å²) in [5.41, 5.74) is 8.29. The van der Waals surface area contributed by atoms with Gasteiger partial charge in [-0.05, 0) is 48.9 Å². The van der Waals surface area contributed by atoms with Crippen LogP contribution in [-0.2, 0) is 0 Å². The zero-order valence-electron chi connectivity index (χ0n) is 11.7. The lowest BCUT2D eigenvalue weighted by Gasteiger charge is -2.11. The molecule has 0 aliphatic heterocycles. The third-order valence-corrected chi connectivity index (χ3v) is 3.27. The fraction of sp³-hybridized carbons (Fsp3) is 0.133. The van der Waals surface area contributed by atoms with E-state index in [1.807, 2.05) is 6.92 Å². The van der Waals surface area contributed by atoms with Gasteiger partial charge < -0.3 is 21.1 Å². The van der Waals surface area contributed by atoms with E-state index in [1.54, 1.807) is 43.5 Å². The van der Waals surface area contributed by atoms with Crippen LogP contribution in [-0.4, -0.2) is 13.1 Å². The highest BCUT2D eigenvalue weighted by Gasteiger charge is 2.08. The topological polar surface area (TPSA) is 76.4 Å². The van der Waals surface area contributed by atoms with Crippen LogP contribution in [0.2, 0.25) is 5.02 Å². The maximum Gasteiger partial charge on any atom is 0.323 e. The third-order valence-electron chi connectivity index (χ3n) is 2.94. The summed E-state index contributed by atoms with van der Waals surface area (Å²) in [6.07, 6.45) is 0. The molecule has 0 aliphatic carbocycles. The fourth-order valence-electron chi connectivity index (χ4n) is 1.80. The number of aryl methyl sites for hydroxylation is 1. The first-order valence-electron chi connectivity index (χ1n) is 6.27. The molecule has 2 amide bonds. The van der Waals surface area contributed by atoms with E-state index in [4.69, 9.17) is 22.1 Å². The van der Waals surface area contributed by atoms with E-state index in [2.05, 4.69) is 10.6 Å². The number of rotatable bonds is 3. The van der Waals surface area contributed by atoms with Gasteiger partial charge in [0, 0.05) is 11.4 Å². The van der Waals surface area contributed by atoms with Gasteiger partial charge in [0.25, 0.3) is 0 Å². The van der Waals surface area contributed by atoms with Crippen LogP contribution in [0.15, 0.2) is 36.4 Å². The quantitative estimate of drug-likeness (QED) is 0.753. The number of ether oxygens (including phenoxy) is 1. The van der Waals surface area contributed by atoms with Crippen LogP contribution in [0.5, 0.6) is 5.75 Å². The SMILES string of the molecule is COc1ccc(NC(=O)Nc2cc(Cl)c(N)cc2C)cc1. The molecule has 2 aromatic carbocycles. The van der Waals surface area contributed by atoms with Crippen LogP contribution in [0.1, 0.15) is 5.56 Å². The van der Waals surface area contributed by atoms with Gasteiger partial charge in [-0.3, -0.25) is 0 Å². The van der Waals surface area contributed by atoms with E-state index in [0.29, 0.717) is 22.1 Å². The molecule has 2 aromatic rings. The van der Waals surface area contributed by atoms with Crippen LogP contribution in [0.4, 0.5) is 21.9 Å². The highest BCUT2D eigenvalue weighted by molar-refractivity contribution is 6.33. The monoisotopic (exact) mass is 305 g/mol. The molecule has 0 atom stereocenters. The van der Waals surface area contributed by atoms with Crippen LogP contribution in [0.25, 0.3) is 0 Å². The number of methoxy groups -OCH3 is 1. The fourth-order valence-corrected chi connectivity index (χ4v) is 1.96. The Morgan fingerprint density at radius 2 is 1.86 bits per heavy atom. The van der Waals surface area contributed by atoms with Crippen LogP contribution in [0, 0.1) is 6.92 Å². The highest BCUT2D eigenvalue weighted by Crippen LogP contribution is 2.26. The van der Waals surface area contributed by atoms with Crippen LogP contribution >= 0.6 is 11.6 Å². The summed E-state index contributed by atoms with van der Waals surface area (Å²) in [4.78, 5) is 12.0. The summed E-state index contributed by atoms with van der Waals surface area (Å²) >= 11 is 5.95. The number of benzene rings is 2. The molecule has 110 valence electrons. The Hall–Kier alpha value is -2.40. The van der Waals surface area contributed by atoms with Crippen molar-refractivity contribution in [1.29, 1.82) is 0 Å². The molecule has 2 rings (SSSR count). The molecule has 0 saturated carbocycles. The zero-order chi connectivity index (χ0) is 15.4. The van der Waals surface area contributed by atoms with Crippen molar-refractivity contribution in [2.45, 2.75) is 6.92 Å². The lowest BCUT2D eigenvalue weighted by molar-refractivity contribution is 0.262. The molecule has 6 heteroatoms. The van der Waals surface area contributed by atoms with Gasteiger partial charge in [0.1, 0.15) is 5.75 Å². The molecule has 0 radical (unpaired) electrons. The second kappa shape index (κ2) is 6.37. The predicted molar refractivity (Wildman–Crippen MR) is 86.2 cm³/mol. The number of carbonyl (C=O) groups excluding carboxylic acids is 1. The van der Waals surface area contributed by atoms with Crippen LogP contribution in [0.3, 0.4) is 0 Å². The summed E-state index contributed by atoms with van der Waals surface area (Å²) in [6.45, 7) is 1.84. The number of nitrogens with two attached hydrogens (primary N) is 1. The Kier molecular flexibility index (Phi) is 4.55. The highest BCUT2D eigenvalue weighted by atomic mass is 35.5. The second-order valence-electron chi connectivity index (χ2n) is 4.50. The zero-order valence-corrected chi connectivity index (χ0v) is 12.5. The van der Waals surface area contributed by atoms with Gasteiger partial charge in [-0.2, -0.15) is 0 Å². The minimum Gasteiger partial charge on any atom is -0.497 e. The maximum atomic E-state index is 12.0. The van der Waals surface area contributed by atoms with Crippen LogP contribution < -0.4 is 21.1 Å². The van der Waals surface area contributed by atoms with Crippen molar-refractivity contribution in [1.82, 2.24) is 0 Å². The Morgan fingerprint density at radius 1 is 1.19 bits per heavy atom. The van der Waals surface area contributed by atoms with E-state index in [1.165, 1.54) is 0 Å². The Morgan fingerprint density at radius 3 is 2.48 bits per heavy atom. The van der Waals surface area contributed by atoms with E-state index in [-0.39, 0.29) is 6.03 Å². The second-order valence-corrected chi connectivity index (χ2v) is 4.90. The van der Waals surface area contributed by atoms with Crippen molar-refractivity contribution < 1.29 is 9.53 Å². The first-order valence-corrected chi connectivity index (χ1v) is 6.65. The average molecular weight is 306 g/mol. The number of nitrogens with one attached hydrogen (secondary N) is 2. The van der Waals surface area contributed by atoms with E-state index in [0.717, 1.165) is 11.3 Å². The van der Waals surface area contributed by atoms with Gasteiger partial charge >= 0.3 is 6.03 Å².